The first-order valence-electron chi connectivity index (χ1n) is 11.2. The lowest BCUT2D eigenvalue weighted by molar-refractivity contribution is 0.162. The molecule has 1 saturated heterocycles. The summed E-state index contributed by atoms with van der Waals surface area (Å²) in [5, 5.41) is 10.9. The molecule has 31 heavy (non-hydrogen) atoms. The van der Waals surface area contributed by atoms with Crippen molar-refractivity contribution in [2.45, 2.75) is 38.2 Å². The fourth-order valence-corrected chi connectivity index (χ4v) is 4.70. The van der Waals surface area contributed by atoms with E-state index in [0.717, 1.165) is 29.5 Å². The van der Waals surface area contributed by atoms with E-state index in [1.165, 1.54) is 41.7 Å². The van der Waals surface area contributed by atoms with Gasteiger partial charge in [-0.3, -0.25) is 0 Å². The van der Waals surface area contributed by atoms with Crippen LogP contribution in [0.2, 0.25) is 0 Å². The molecule has 2 nitrogen and oxygen atoms in total. The Hall–Kier alpha value is -2.36. The summed E-state index contributed by atoms with van der Waals surface area (Å²) in [7, 11) is 0. The summed E-state index contributed by atoms with van der Waals surface area (Å²) in [5.74, 6) is 0. The van der Waals surface area contributed by atoms with Crippen molar-refractivity contribution in [2.75, 3.05) is 13.1 Å². The molecule has 3 aromatic carbocycles. The van der Waals surface area contributed by atoms with E-state index in [4.69, 9.17) is 0 Å². The number of rotatable bonds is 7. The van der Waals surface area contributed by atoms with Crippen LogP contribution in [0.4, 0.5) is 0 Å². The molecule has 160 valence electrons. The number of hydrogen-bond donors (Lipinski definition) is 1. The van der Waals surface area contributed by atoms with Gasteiger partial charge in [-0.25, -0.2) is 0 Å². The Labute approximate surface area is 194 Å². The van der Waals surface area contributed by atoms with Gasteiger partial charge in [0.2, 0.25) is 0 Å². The van der Waals surface area contributed by atoms with Crippen molar-refractivity contribution < 1.29 is 5.11 Å². The Bertz CT molecular complexity index is 935. The maximum atomic E-state index is 10.9. The normalized spacial score (nSPS) is 14.8. The fourth-order valence-electron chi connectivity index (χ4n) is 4.44. The van der Waals surface area contributed by atoms with Crippen LogP contribution in [0, 0.1) is 0 Å². The molecule has 1 fully saturated rings. The van der Waals surface area contributed by atoms with Crippen LogP contribution in [-0.4, -0.2) is 23.1 Å². The van der Waals surface area contributed by atoms with Gasteiger partial charge < -0.3 is 10.0 Å². The number of benzene rings is 3. The quantitative estimate of drug-likeness (QED) is 0.390. The van der Waals surface area contributed by atoms with Gasteiger partial charge >= 0.3 is 0 Å². The predicted octanol–water partition coefficient (Wildman–Crippen LogP) is 7.21. The number of likely N-dealkylation sites (tertiary alicyclic amines) is 1. The monoisotopic (exact) mass is 475 g/mol. The smallest absolute Gasteiger partial charge is 0.0793 e. The second kappa shape index (κ2) is 10.8. The average Bonchev–Trinajstić information content (AvgIpc) is 2.83. The molecule has 1 aliphatic heterocycles. The summed E-state index contributed by atoms with van der Waals surface area (Å²) in [4.78, 5) is 2.56. The SMILES string of the molecule is OC(CCC(=C(c1ccccc1)c1ccccc1)N1CCCCC1)c1ccc(Br)cc1. The molecule has 0 aromatic heterocycles. The van der Waals surface area contributed by atoms with E-state index < -0.39 is 6.10 Å². The summed E-state index contributed by atoms with van der Waals surface area (Å²) in [6.07, 6.45) is 4.84. The minimum absolute atomic E-state index is 0.472. The third kappa shape index (κ3) is 5.66. The summed E-state index contributed by atoms with van der Waals surface area (Å²) < 4.78 is 1.03. The van der Waals surface area contributed by atoms with Gasteiger partial charge in [-0.1, -0.05) is 88.7 Å². The van der Waals surface area contributed by atoms with Crippen LogP contribution in [0.25, 0.3) is 5.57 Å². The number of halogens is 1. The van der Waals surface area contributed by atoms with E-state index in [1.807, 2.05) is 24.3 Å². The van der Waals surface area contributed by atoms with Crippen LogP contribution in [0.15, 0.2) is 95.1 Å². The van der Waals surface area contributed by atoms with E-state index in [9.17, 15) is 5.11 Å². The zero-order valence-electron chi connectivity index (χ0n) is 17.9. The molecule has 0 bridgehead atoms. The van der Waals surface area contributed by atoms with Gasteiger partial charge in [0.15, 0.2) is 0 Å². The molecule has 3 heteroatoms. The molecule has 0 spiro atoms. The highest BCUT2D eigenvalue weighted by Crippen LogP contribution is 2.34. The second-order valence-corrected chi connectivity index (χ2v) is 9.12. The zero-order valence-corrected chi connectivity index (χ0v) is 19.5. The molecule has 0 aliphatic carbocycles. The number of piperidine rings is 1. The molecule has 1 atom stereocenters. The minimum Gasteiger partial charge on any atom is -0.388 e. The van der Waals surface area contributed by atoms with Gasteiger partial charge in [-0.05, 0) is 60.9 Å². The molecule has 0 amide bonds. The molecule has 3 aromatic rings. The topological polar surface area (TPSA) is 23.5 Å². The van der Waals surface area contributed by atoms with Crippen molar-refractivity contribution in [3.8, 4) is 0 Å². The first-order chi connectivity index (χ1) is 15.2. The maximum absolute atomic E-state index is 10.9. The van der Waals surface area contributed by atoms with E-state index in [1.54, 1.807) is 0 Å². The van der Waals surface area contributed by atoms with Gasteiger partial charge in [0.25, 0.3) is 0 Å². The second-order valence-electron chi connectivity index (χ2n) is 8.21. The van der Waals surface area contributed by atoms with Crippen molar-refractivity contribution in [1.82, 2.24) is 4.90 Å². The third-order valence-corrected chi connectivity index (χ3v) is 6.59. The number of aliphatic hydroxyl groups excluding tert-OH is 1. The van der Waals surface area contributed by atoms with E-state index in [-0.39, 0.29) is 0 Å². The first-order valence-corrected chi connectivity index (χ1v) is 12.0. The molecular formula is C28H30BrNO. The summed E-state index contributed by atoms with van der Waals surface area (Å²) in [6, 6.07) is 29.4. The molecule has 1 heterocycles. The van der Waals surface area contributed by atoms with Crippen molar-refractivity contribution in [3.63, 3.8) is 0 Å². The summed E-state index contributed by atoms with van der Waals surface area (Å²) >= 11 is 3.48. The Morgan fingerprint density at radius 3 is 1.87 bits per heavy atom. The summed E-state index contributed by atoms with van der Waals surface area (Å²) in [5.41, 5.74) is 6.11. The van der Waals surface area contributed by atoms with Crippen LogP contribution in [0.3, 0.4) is 0 Å². The van der Waals surface area contributed by atoms with E-state index in [0.29, 0.717) is 6.42 Å². The molecule has 0 saturated carbocycles. The van der Waals surface area contributed by atoms with Crippen LogP contribution in [0.1, 0.15) is 54.9 Å². The number of nitrogens with zero attached hydrogens (tertiary/aromatic N) is 1. The Morgan fingerprint density at radius 1 is 0.774 bits per heavy atom. The first kappa shape index (κ1) is 21.9. The Kier molecular flexibility index (Phi) is 7.61. The largest absolute Gasteiger partial charge is 0.388 e. The Morgan fingerprint density at radius 2 is 1.32 bits per heavy atom. The highest BCUT2D eigenvalue weighted by molar-refractivity contribution is 9.10. The number of allylic oxidation sites excluding steroid dienone is 1. The lowest BCUT2D eigenvalue weighted by Crippen LogP contribution is -2.30. The van der Waals surface area contributed by atoms with Gasteiger partial charge in [-0.15, -0.1) is 0 Å². The predicted molar refractivity (Wildman–Crippen MR) is 133 cm³/mol. The van der Waals surface area contributed by atoms with Gasteiger partial charge in [0.1, 0.15) is 0 Å². The zero-order chi connectivity index (χ0) is 21.5. The third-order valence-electron chi connectivity index (χ3n) is 6.06. The number of aliphatic hydroxyl groups is 1. The fraction of sp³-hybridized carbons (Fsp3) is 0.286. The van der Waals surface area contributed by atoms with Gasteiger partial charge in [0.05, 0.1) is 6.10 Å². The Balaban J connectivity index is 1.72. The highest BCUT2D eigenvalue weighted by atomic mass is 79.9. The van der Waals surface area contributed by atoms with Crippen LogP contribution < -0.4 is 0 Å². The highest BCUT2D eigenvalue weighted by Gasteiger charge is 2.21. The lowest BCUT2D eigenvalue weighted by Gasteiger charge is -2.34. The average molecular weight is 476 g/mol. The van der Waals surface area contributed by atoms with Crippen molar-refractivity contribution in [2.24, 2.45) is 0 Å². The minimum atomic E-state index is -0.472. The van der Waals surface area contributed by atoms with E-state index in [2.05, 4.69) is 81.5 Å². The maximum Gasteiger partial charge on any atom is 0.0793 e. The molecule has 1 unspecified atom stereocenters. The van der Waals surface area contributed by atoms with Gasteiger partial charge in [0, 0.05) is 28.8 Å². The molecule has 0 radical (unpaired) electrons. The molecule has 4 rings (SSSR count). The van der Waals surface area contributed by atoms with Crippen molar-refractivity contribution in [1.29, 1.82) is 0 Å². The molecular weight excluding hydrogens is 446 g/mol. The lowest BCUT2D eigenvalue weighted by atomic mass is 9.91. The van der Waals surface area contributed by atoms with E-state index >= 15 is 0 Å². The van der Waals surface area contributed by atoms with Crippen LogP contribution in [0.5, 0.6) is 0 Å². The number of hydrogen-bond acceptors (Lipinski definition) is 2. The standard InChI is InChI=1S/C28H30BrNO/c29-25-16-14-22(15-17-25)27(31)19-18-26(30-20-8-3-9-21-30)28(23-10-4-1-5-11-23)24-12-6-2-7-13-24/h1-2,4-7,10-17,27,31H,3,8-9,18-21H2. The van der Waals surface area contributed by atoms with Gasteiger partial charge in [-0.2, -0.15) is 0 Å². The summed E-state index contributed by atoms with van der Waals surface area (Å²) in [6.45, 7) is 2.18. The van der Waals surface area contributed by atoms with Crippen LogP contribution in [-0.2, 0) is 0 Å². The molecule has 1 aliphatic rings. The molecule has 1 N–H and O–H groups in total. The van der Waals surface area contributed by atoms with Crippen LogP contribution >= 0.6 is 15.9 Å². The van der Waals surface area contributed by atoms with Crippen molar-refractivity contribution in [3.05, 3.63) is 112 Å². The van der Waals surface area contributed by atoms with Crippen molar-refractivity contribution >= 4 is 21.5 Å².